The van der Waals surface area contributed by atoms with Crippen LogP contribution in [0.4, 0.5) is 0 Å². The van der Waals surface area contributed by atoms with E-state index >= 15 is 0 Å². The lowest BCUT2D eigenvalue weighted by Gasteiger charge is -2.08. The first-order valence-electron chi connectivity index (χ1n) is 5.17. The van der Waals surface area contributed by atoms with Gasteiger partial charge in [-0.3, -0.25) is 0 Å². The molecule has 2 rings (SSSR count). The monoisotopic (exact) mass is 214 g/mol. The number of benzene rings is 2. The van der Waals surface area contributed by atoms with Crippen molar-refractivity contribution in [3.8, 4) is 22.6 Å². The van der Waals surface area contributed by atoms with Crippen LogP contribution in [0.25, 0.3) is 11.1 Å². The van der Waals surface area contributed by atoms with Crippen molar-refractivity contribution >= 4 is 0 Å². The molecule has 2 aromatic rings. The zero-order valence-corrected chi connectivity index (χ0v) is 9.36. The summed E-state index contributed by atoms with van der Waals surface area (Å²) in [4.78, 5) is 0. The van der Waals surface area contributed by atoms with Gasteiger partial charge >= 0.3 is 0 Å². The van der Waals surface area contributed by atoms with Crippen molar-refractivity contribution in [2.45, 2.75) is 13.8 Å². The van der Waals surface area contributed by atoms with Crippen LogP contribution in [0.5, 0.6) is 11.5 Å². The minimum atomic E-state index is 0.275. The van der Waals surface area contributed by atoms with E-state index in [1.54, 1.807) is 18.2 Å². The van der Waals surface area contributed by atoms with E-state index in [9.17, 15) is 10.2 Å². The van der Waals surface area contributed by atoms with Crippen LogP contribution in [-0.2, 0) is 0 Å². The van der Waals surface area contributed by atoms with Gasteiger partial charge in [-0.2, -0.15) is 0 Å². The molecule has 0 saturated carbocycles. The van der Waals surface area contributed by atoms with Crippen molar-refractivity contribution in [3.63, 3.8) is 0 Å². The van der Waals surface area contributed by atoms with Gasteiger partial charge in [0.05, 0.1) is 0 Å². The minimum absolute atomic E-state index is 0.275. The third kappa shape index (κ3) is 1.87. The molecule has 0 aromatic heterocycles. The molecule has 82 valence electrons. The van der Waals surface area contributed by atoms with E-state index < -0.39 is 0 Å². The Hall–Kier alpha value is -1.96. The van der Waals surface area contributed by atoms with Crippen molar-refractivity contribution in [2.75, 3.05) is 0 Å². The fourth-order valence-corrected chi connectivity index (χ4v) is 1.79. The molecular formula is C14H14O2. The van der Waals surface area contributed by atoms with Gasteiger partial charge < -0.3 is 10.2 Å². The maximum absolute atomic E-state index is 9.46. The highest BCUT2D eigenvalue weighted by atomic mass is 16.3. The Morgan fingerprint density at radius 3 is 2.19 bits per heavy atom. The molecule has 0 atom stereocenters. The Morgan fingerprint density at radius 1 is 0.812 bits per heavy atom. The lowest BCUT2D eigenvalue weighted by Crippen LogP contribution is -1.84. The third-order valence-corrected chi connectivity index (χ3v) is 2.72. The largest absolute Gasteiger partial charge is 0.508 e. The lowest BCUT2D eigenvalue weighted by molar-refractivity contribution is 0.471. The molecule has 2 nitrogen and oxygen atoms in total. The van der Waals surface area contributed by atoms with Crippen LogP contribution in [0.3, 0.4) is 0 Å². The summed E-state index contributed by atoms with van der Waals surface area (Å²) in [6.07, 6.45) is 0. The molecular weight excluding hydrogens is 200 g/mol. The van der Waals surface area contributed by atoms with Gasteiger partial charge in [-0.05, 0) is 60.4 Å². The molecule has 0 bridgehead atoms. The molecule has 2 N–H and O–H groups in total. The molecule has 0 saturated heterocycles. The van der Waals surface area contributed by atoms with E-state index in [0.29, 0.717) is 5.75 Å². The molecule has 0 heterocycles. The SMILES string of the molecule is Cc1cc(-c2ccc(O)cc2C)ccc1O. The lowest BCUT2D eigenvalue weighted by atomic mass is 9.98. The Balaban J connectivity index is 2.54. The highest BCUT2D eigenvalue weighted by Crippen LogP contribution is 2.29. The summed E-state index contributed by atoms with van der Waals surface area (Å²) in [6.45, 7) is 3.83. The molecule has 0 unspecified atom stereocenters. The van der Waals surface area contributed by atoms with E-state index in [4.69, 9.17) is 0 Å². The zero-order chi connectivity index (χ0) is 11.7. The van der Waals surface area contributed by atoms with Gasteiger partial charge in [0, 0.05) is 0 Å². The summed E-state index contributed by atoms with van der Waals surface area (Å²) in [5, 5.41) is 18.8. The third-order valence-electron chi connectivity index (χ3n) is 2.72. The molecule has 2 aromatic carbocycles. The van der Waals surface area contributed by atoms with Gasteiger partial charge in [0.15, 0.2) is 0 Å². The predicted octanol–water partition coefficient (Wildman–Crippen LogP) is 3.38. The summed E-state index contributed by atoms with van der Waals surface area (Å²) in [5.41, 5.74) is 3.99. The van der Waals surface area contributed by atoms with Crippen molar-refractivity contribution < 1.29 is 10.2 Å². The van der Waals surface area contributed by atoms with Crippen LogP contribution < -0.4 is 0 Å². The average molecular weight is 214 g/mol. The van der Waals surface area contributed by atoms with Crippen LogP contribution in [0.1, 0.15) is 11.1 Å². The minimum Gasteiger partial charge on any atom is -0.508 e. The van der Waals surface area contributed by atoms with Gasteiger partial charge in [-0.1, -0.05) is 12.1 Å². The summed E-state index contributed by atoms with van der Waals surface area (Å²) in [5.74, 6) is 0.580. The van der Waals surface area contributed by atoms with E-state index in [-0.39, 0.29) is 5.75 Å². The topological polar surface area (TPSA) is 40.5 Å². The number of phenolic OH excluding ortho intramolecular Hbond substituents is 2. The van der Waals surface area contributed by atoms with Crippen LogP contribution >= 0.6 is 0 Å². The molecule has 0 fully saturated rings. The Morgan fingerprint density at radius 2 is 1.56 bits per heavy atom. The second-order valence-electron chi connectivity index (χ2n) is 4.00. The smallest absolute Gasteiger partial charge is 0.118 e. The first-order valence-corrected chi connectivity index (χ1v) is 5.17. The maximum Gasteiger partial charge on any atom is 0.118 e. The van der Waals surface area contributed by atoms with Gasteiger partial charge in [-0.15, -0.1) is 0 Å². The second-order valence-corrected chi connectivity index (χ2v) is 4.00. The normalized spacial score (nSPS) is 10.4. The average Bonchev–Trinajstić information content (AvgIpc) is 2.22. The quantitative estimate of drug-likeness (QED) is 0.764. The molecule has 0 radical (unpaired) electrons. The fourth-order valence-electron chi connectivity index (χ4n) is 1.79. The van der Waals surface area contributed by atoms with E-state index in [0.717, 1.165) is 22.3 Å². The van der Waals surface area contributed by atoms with Crippen molar-refractivity contribution in [1.29, 1.82) is 0 Å². The van der Waals surface area contributed by atoms with Gasteiger partial charge in [0.2, 0.25) is 0 Å². The molecule has 0 amide bonds. The van der Waals surface area contributed by atoms with Gasteiger partial charge in [0.1, 0.15) is 11.5 Å². The summed E-state index contributed by atoms with van der Waals surface area (Å²) in [7, 11) is 0. The summed E-state index contributed by atoms with van der Waals surface area (Å²) >= 11 is 0. The van der Waals surface area contributed by atoms with E-state index in [1.165, 1.54) is 0 Å². The number of aryl methyl sites for hydroxylation is 2. The molecule has 0 spiro atoms. The standard InChI is InChI=1S/C14H14O2/c1-9-8-12(15)4-5-13(9)11-3-6-14(16)10(2)7-11/h3-8,15-16H,1-2H3. The van der Waals surface area contributed by atoms with Crippen molar-refractivity contribution in [3.05, 3.63) is 47.5 Å². The Bertz CT molecular complexity index is 530. The molecule has 2 heteroatoms. The highest BCUT2D eigenvalue weighted by molar-refractivity contribution is 5.69. The van der Waals surface area contributed by atoms with E-state index in [2.05, 4.69) is 0 Å². The van der Waals surface area contributed by atoms with E-state index in [1.807, 2.05) is 32.0 Å². The maximum atomic E-state index is 9.46. The summed E-state index contributed by atoms with van der Waals surface area (Å²) < 4.78 is 0. The fraction of sp³-hybridized carbons (Fsp3) is 0.143. The zero-order valence-electron chi connectivity index (χ0n) is 9.36. The first kappa shape index (κ1) is 10.6. The van der Waals surface area contributed by atoms with Crippen LogP contribution in [0.2, 0.25) is 0 Å². The van der Waals surface area contributed by atoms with Crippen LogP contribution in [-0.4, -0.2) is 10.2 Å². The van der Waals surface area contributed by atoms with Crippen molar-refractivity contribution in [2.24, 2.45) is 0 Å². The summed E-state index contributed by atoms with van der Waals surface area (Å²) in [6, 6.07) is 10.8. The molecule has 0 aliphatic heterocycles. The number of hydrogen-bond donors (Lipinski definition) is 2. The second kappa shape index (κ2) is 3.89. The van der Waals surface area contributed by atoms with Crippen LogP contribution in [0.15, 0.2) is 36.4 Å². The van der Waals surface area contributed by atoms with Gasteiger partial charge in [0.25, 0.3) is 0 Å². The van der Waals surface area contributed by atoms with Crippen molar-refractivity contribution in [1.82, 2.24) is 0 Å². The Kier molecular flexibility index (Phi) is 2.57. The Labute approximate surface area is 94.8 Å². The predicted molar refractivity (Wildman–Crippen MR) is 64.7 cm³/mol. The molecule has 0 aliphatic carbocycles. The molecule has 0 aliphatic rings. The van der Waals surface area contributed by atoms with Gasteiger partial charge in [-0.25, -0.2) is 0 Å². The number of aromatic hydroxyl groups is 2. The highest BCUT2D eigenvalue weighted by Gasteiger charge is 2.04. The molecule has 16 heavy (non-hydrogen) atoms. The number of rotatable bonds is 1. The first-order chi connectivity index (χ1) is 7.58. The number of phenols is 2. The number of hydrogen-bond acceptors (Lipinski definition) is 2. The van der Waals surface area contributed by atoms with Crippen LogP contribution in [0, 0.1) is 13.8 Å².